The van der Waals surface area contributed by atoms with Gasteiger partial charge in [0.05, 0.1) is 18.3 Å². The number of ether oxygens (including phenoxy) is 1. The van der Waals surface area contributed by atoms with Gasteiger partial charge in [-0.2, -0.15) is 0 Å². The molecule has 2 aromatic carbocycles. The van der Waals surface area contributed by atoms with Crippen LogP contribution in [0.15, 0.2) is 79.3 Å². The van der Waals surface area contributed by atoms with Gasteiger partial charge in [-0.05, 0) is 61.2 Å². The number of hydrogen-bond acceptors (Lipinski definition) is 4. The molecule has 0 fully saturated rings. The SMILES string of the molecule is Cc1ccc(Cl)c(Cn2c3ccccc3c3cc(C(=O)OCCCc4ccncc4)ncc32)c1. The molecule has 0 aliphatic heterocycles. The van der Waals surface area contributed by atoms with Crippen LogP contribution in [0.4, 0.5) is 0 Å². The molecular weight excluding hydrogens is 446 g/mol. The number of pyridine rings is 2. The number of carbonyl (C=O) groups excluding carboxylic acids is 1. The average molecular weight is 470 g/mol. The van der Waals surface area contributed by atoms with Gasteiger partial charge in [-0.15, -0.1) is 0 Å². The Morgan fingerprint density at radius 2 is 1.82 bits per heavy atom. The molecule has 3 aromatic heterocycles. The lowest BCUT2D eigenvalue weighted by Crippen LogP contribution is -2.09. The van der Waals surface area contributed by atoms with E-state index in [2.05, 4.69) is 39.7 Å². The highest BCUT2D eigenvalue weighted by Gasteiger charge is 2.16. The third-order valence-electron chi connectivity index (χ3n) is 5.99. The maximum absolute atomic E-state index is 12.7. The minimum absolute atomic E-state index is 0.313. The van der Waals surface area contributed by atoms with E-state index in [1.165, 1.54) is 5.56 Å². The highest BCUT2D eigenvalue weighted by molar-refractivity contribution is 6.31. The van der Waals surface area contributed by atoms with Gasteiger partial charge in [-0.3, -0.25) is 4.98 Å². The molecule has 0 atom stereocenters. The molecule has 0 radical (unpaired) electrons. The first kappa shape index (κ1) is 22.1. The summed E-state index contributed by atoms with van der Waals surface area (Å²) in [4.78, 5) is 21.2. The minimum Gasteiger partial charge on any atom is -0.461 e. The molecule has 0 N–H and O–H groups in total. The van der Waals surface area contributed by atoms with Crippen molar-refractivity contribution >= 4 is 39.4 Å². The van der Waals surface area contributed by atoms with Crippen LogP contribution in [0.2, 0.25) is 5.02 Å². The van der Waals surface area contributed by atoms with Crippen LogP contribution in [-0.4, -0.2) is 27.1 Å². The number of fused-ring (bicyclic) bond motifs is 3. The van der Waals surface area contributed by atoms with E-state index in [9.17, 15) is 4.79 Å². The van der Waals surface area contributed by atoms with E-state index in [4.69, 9.17) is 16.3 Å². The summed E-state index contributed by atoms with van der Waals surface area (Å²) in [6.07, 6.45) is 6.87. The van der Waals surface area contributed by atoms with Gasteiger partial charge in [-0.25, -0.2) is 9.78 Å². The Morgan fingerprint density at radius 3 is 2.68 bits per heavy atom. The number of rotatable bonds is 7. The van der Waals surface area contributed by atoms with Crippen molar-refractivity contribution in [2.24, 2.45) is 0 Å². The number of esters is 1. The van der Waals surface area contributed by atoms with Gasteiger partial charge in [0.15, 0.2) is 0 Å². The van der Waals surface area contributed by atoms with E-state index in [0.29, 0.717) is 18.8 Å². The second kappa shape index (κ2) is 9.65. The normalized spacial score (nSPS) is 11.2. The monoisotopic (exact) mass is 469 g/mol. The summed E-state index contributed by atoms with van der Waals surface area (Å²) in [6.45, 7) is 3.02. The largest absolute Gasteiger partial charge is 0.461 e. The molecule has 0 unspecified atom stereocenters. The van der Waals surface area contributed by atoms with Gasteiger partial charge in [0.2, 0.25) is 0 Å². The smallest absolute Gasteiger partial charge is 0.356 e. The molecule has 0 aliphatic rings. The lowest BCUT2D eigenvalue weighted by atomic mass is 10.1. The average Bonchev–Trinajstić information content (AvgIpc) is 3.17. The molecule has 3 heterocycles. The molecule has 0 saturated heterocycles. The number of carbonyl (C=O) groups is 1. The fourth-order valence-electron chi connectivity index (χ4n) is 4.29. The van der Waals surface area contributed by atoms with E-state index >= 15 is 0 Å². The van der Waals surface area contributed by atoms with Crippen molar-refractivity contribution in [1.82, 2.24) is 14.5 Å². The van der Waals surface area contributed by atoms with Crippen LogP contribution in [0, 0.1) is 6.92 Å². The van der Waals surface area contributed by atoms with E-state index in [0.717, 1.165) is 50.8 Å². The van der Waals surface area contributed by atoms with Gasteiger partial charge in [0, 0.05) is 40.3 Å². The van der Waals surface area contributed by atoms with Crippen molar-refractivity contribution in [3.8, 4) is 0 Å². The van der Waals surface area contributed by atoms with Gasteiger partial charge >= 0.3 is 5.97 Å². The Labute approximate surface area is 203 Å². The Kier molecular flexibility index (Phi) is 6.28. The number of aromatic nitrogens is 3. The van der Waals surface area contributed by atoms with Gasteiger partial charge in [-0.1, -0.05) is 47.5 Å². The standard InChI is InChI=1S/C28H24ClN3O2/c1-19-8-9-24(29)21(15-19)18-32-26-7-3-2-6-22(26)23-16-25(31-17-27(23)32)28(33)34-14-4-5-20-10-12-30-13-11-20/h2-3,6-13,15-17H,4-5,14,18H2,1H3. The molecule has 0 amide bonds. The van der Waals surface area contributed by atoms with Crippen LogP contribution in [0.1, 0.15) is 33.6 Å². The molecule has 5 rings (SSSR count). The molecule has 0 spiro atoms. The van der Waals surface area contributed by atoms with Crippen molar-refractivity contribution in [1.29, 1.82) is 0 Å². The lowest BCUT2D eigenvalue weighted by molar-refractivity contribution is 0.0494. The summed E-state index contributed by atoms with van der Waals surface area (Å²) >= 11 is 6.49. The molecule has 5 aromatic rings. The molecule has 0 bridgehead atoms. The van der Waals surface area contributed by atoms with Crippen LogP contribution in [-0.2, 0) is 17.7 Å². The number of benzene rings is 2. The Bertz CT molecular complexity index is 1480. The van der Waals surface area contributed by atoms with E-state index in [1.807, 2.05) is 42.5 Å². The number of halogens is 1. The highest BCUT2D eigenvalue weighted by Crippen LogP contribution is 2.31. The molecule has 0 aliphatic carbocycles. The zero-order valence-electron chi connectivity index (χ0n) is 18.9. The molecule has 5 nitrogen and oxygen atoms in total. The minimum atomic E-state index is -0.407. The highest BCUT2D eigenvalue weighted by atomic mass is 35.5. The molecule has 34 heavy (non-hydrogen) atoms. The first-order valence-corrected chi connectivity index (χ1v) is 11.7. The zero-order chi connectivity index (χ0) is 23.5. The maximum Gasteiger partial charge on any atom is 0.356 e. The van der Waals surface area contributed by atoms with Crippen molar-refractivity contribution < 1.29 is 9.53 Å². The number of nitrogens with zero attached hydrogens (tertiary/aromatic N) is 3. The topological polar surface area (TPSA) is 57.0 Å². The molecule has 0 saturated carbocycles. The number of aryl methyl sites for hydroxylation is 2. The Balaban J connectivity index is 1.40. The first-order valence-electron chi connectivity index (χ1n) is 11.3. The van der Waals surface area contributed by atoms with E-state index in [-0.39, 0.29) is 0 Å². The third kappa shape index (κ3) is 4.52. The Morgan fingerprint density at radius 1 is 1.00 bits per heavy atom. The van der Waals surface area contributed by atoms with E-state index in [1.54, 1.807) is 18.6 Å². The van der Waals surface area contributed by atoms with Crippen molar-refractivity contribution in [3.05, 3.63) is 107 Å². The second-order valence-corrected chi connectivity index (χ2v) is 8.79. The molecule has 6 heteroatoms. The number of hydrogen-bond donors (Lipinski definition) is 0. The van der Waals surface area contributed by atoms with Crippen molar-refractivity contribution in [3.63, 3.8) is 0 Å². The summed E-state index contributed by atoms with van der Waals surface area (Å²) in [5, 5.41) is 2.77. The molecular formula is C28H24ClN3O2. The fourth-order valence-corrected chi connectivity index (χ4v) is 4.46. The lowest BCUT2D eigenvalue weighted by Gasteiger charge is -2.10. The first-order chi connectivity index (χ1) is 16.6. The van der Waals surface area contributed by atoms with Gasteiger partial charge in [0.1, 0.15) is 5.69 Å². The van der Waals surface area contributed by atoms with Gasteiger partial charge < -0.3 is 9.30 Å². The zero-order valence-corrected chi connectivity index (χ0v) is 19.6. The maximum atomic E-state index is 12.7. The summed E-state index contributed by atoms with van der Waals surface area (Å²) < 4.78 is 7.70. The second-order valence-electron chi connectivity index (χ2n) is 8.38. The summed E-state index contributed by atoms with van der Waals surface area (Å²) in [5.74, 6) is -0.407. The van der Waals surface area contributed by atoms with Crippen molar-refractivity contribution in [2.45, 2.75) is 26.3 Å². The van der Waals surface area contributed by atoms with Gasteiger partial charge in [0.25, 0.3) is 0 Å². The quantitative estimate of drug-likeness (QED) is 0.205. The van der Waals surface area contributed by atoms with Crippen molar-refractivity contribution in [2.75, 3.05) is 6.61 Å². The summed E-state index contributed by atoms with van der Waals surface area (Å²) in [5.41, 5.74) is 5.71. The fraction of sp³-hybridized carbons (Fsp3) is 0.179. The van der Waals surface area contributed by atoms with Crippen LogP contribution in [0.25, 0.3) is 21.8 Å². The summed E-state index contributed by atoms with van der Waals surface area (Å²) in [7, 11) is 0. The predicted molar refractivity (Wildman–Crippen MR) is 135 cm³/mol. The van der Waals surface area contributed by atoms with Crippen LogP contribution >= 0.6 is 11.6 Å². The van der Waals surface area contributed by atoms with Crippen LogP contribution < -0.4 is 0 Å². The number of para-hydroxylation sites is 1. The summed E-state index contributed by atoms with van der Waals surface area (Å²) in [6, 6.07) is 20.0. The Hall–Kier alpha value is -3.70. The van der Waals surface area contributed by atoms with Crippen LogP contribution in [0.3, 0.4) is 0 Å². The predicted octanol–water partition coefficient (Wildman–Crippen LogP) is 6.38. The molecule has 170 valence electrons. The van der Waals surface area contributed by atoms with Crippen LogP contribution in [0.5, 0.6) is 0 Å². The third-order valence-corrected chi connectivity index (χ3v) is 6.36. The van der Waals surface area contributed by atoms with E-state index < -0.39 is 5.97 Å².